The number of benzene rings is 1. The lowest BCUT2D eigenvalue weighted by Crippen LogP contribution is -2.56. The fourth-order valence-electron chi connectivity index (χ4n) is 1.94. The van der Waals surface area contributed by atoms with E-state index in [4.69, 9.17) is 0 Å². The second-order valence-corrected chi connectivity index (χ2v) is 4.86. The summed E-state index contributed by atoms with van der Waals surface area (Å²) in [6, 6.07) is -0.560. The SMILES string of the molecule is CC1(C(F)(F)F)NC(=O)N(c2ccc(F)c(C(F)(F)F)c2)C1=O. The molecule has 1 fully saturated rings. The Hall–Kier alpha value is -2.33. The molecule has 11 heteroatoms. The van der Waals surface area contributed by atoms with Gasteiger partial charge in [-0.1, -0.05) is 0 Å². The Morgan fingerprint density at radius 3 is 2.09 bits per heavy atom. The number of hydrogen-bond donors (Lipinski definition) is 1. The van der Waals surface area contributed by atoms with Crippen molar-refractivity contribution in [2.45, 2.75) is 24.8 Å². The molecule has 23 heavy (non-hydrogen) atoms. The quantitative estimate of drug-likeness (QED) is 0.628. The van der Waals surface area contributed by atoms with Gasteiger partial charge in [-0.05, 0) is 25.1 Å². The van der Waals surface area contributed by atoms with Gasteiger partial charge in [-0.3, -0.25) is 4.79 Å². The molecule has 1 N–H and O–H groups in total. The zero-order chi connectivity index (χ0) is 17.8. The summed E-state index contributed by atoms with van der Waals surface area (Å²) >= 11 is 0. The number of carbonyl (C=O) groups excluding carboxylic acids is 2. The third-order valence-corrected chi connectivity index (χ3v) is 3.27. The van der Waals surface area contributed by atoms with Gasteiger partial charge in [0.05, 0.1) is 11.3 Å². The van der Waals surface area contributed by atoms with E-state index in [1.54, 1.807) is 0 Å². The van der Waals surface area contributed by atoms with E-state index in [-0.39, 0.29) is 11.0 Å². The molecule has 0 aromatic heterocycles. The van der Waals surface area contributed by atoms with E-state index >= 15 is 0 Å². The van der Waals surface area contributed by atoms with Gasteiger partial charge in [-0.25, -0.2) is 14.1 Å². The highest BCUT2D eigenvalue weighted by atomic mass is 19.4. The number of urea groups is 1. The van der Waals surface area contributed by atoms with Gasteiger partial charge < -0.3 is 5.32 Å². The first-order valence-corrected chi connectivity index (χ1v) is 5.89. The Morgan fingerprint density at radius 2 is 1.65 bits per heavy atom. The minimum Gasteiger partial charge on any atom is -0.315 e. The van der Waals surface area contributed by atoms with Gasteiger partial charge in [-0.15, -0.1) is 0 Å². The van der Waals surface area contributed by atoms with Crippen LogP contribution < -0.4 is 10.2 Å². The third-order valence-electron chi connectivity index (χ3n) is 3.27. The molecule has 1 atom stereocenters. The van der Waals surface area contributed by atoms with Crippen LogP contribution in [0.15, 0.2) is 18.2 Å². The van der Waals surface area contributed by atoms with Gasteiger partial charge in [0.25, 0.3) is 5.91 Å². The summed E-state index contributed by atoms with van der Waals surface area (Å²) in [7, 11) is 0. The van der Waals surface area contributed by atoms with Crippen molar-refractivity contribution in [3.63, 3.8) is 0 Å². The summed E-state index contributed by atoms with van der Waals surface area (Å²) in [6.45, 7) is 0.376. The summed E-state index contributed by atoms with van der Waals surface area (Å²) in [5.74, 6) is -3.50. The maximum absolute atomic E-state index is 13.2. The first-order chi connectivity index (χ1) is 10.3. The molecule has 0 saturated carbocycles. The number of imide groups is 1. The standard InChI is InChI=1S/C12H7F7N2O2/c1-10(12(17,18)19)8(22)21(9(23)20-10)5-2-3-7(13)6(4-5)11(14,15)16/h2-4H,1H3,(H,20,23). The molecule has 1 aromatic rings. The molecule has 126 valence electrons. The van der Waals surface area contributed by atoms with E-state index in [0.717, 1.165) is 0 Å². The fraction of sp³-hybridized carbons (Fsp3) is 0.333. The van der Waals surface area contributed by atoms with Gasteiger partial charge >= 0.3 is 18.4 Å². The van der Waals surface area contributed by atoms with E-state index in [2.05, 4.69) is 0 Å². The molecule has 1 aliphatic rings. The van der Waals surface area contributed by atoms with Gasteiger partial charge in [0.15, 0.2) is 0 Å². The lowest BCUT2D eigenvalue weighted by Gasteiger charge is -2.24. The lowest BCUT2D eigenvalue weighted by atomic mass is 10.0. The predicted octanol–water partition coefficient (Wildman–Crippen LogP) is 3.22. The molecule has 0 spiro atoms. The summed E-state index contributed by atoms with van der Waals surface area (Å²) in [5.41, 5.74) is -5.91. The van der Waals surface area contributed by atoms with Crippen molar-refractivity contribution in [3.8, 4) is 0 Å². The van der Waals surface area contributed by atoms with Crippen LogP contribution in [0.5, 0.6) is 0 Å². The first-order valence-electron chi connectivity index (χ1n) is 5.89. The van der Waals surface area contributed by atoms with Crippen LogP contribution in [0, 0.1) is 5.82 Å². The highest BCUT2D eigenvalue weighted by molar-refractivity contribution is 6.23. The van der Waals surface area contributed by atoms with Gasteiger partial charge in [0.1, 0.15) is 5.82 Å². The Morgan fingerprint density at radius 1 is 1.09 bits per heavy atom. The summed E-state index contributed by atoms with van der Waals surface area (Å²) in [6.07, 6.45) is -10.3. The smallest absolute Gasteiger partial charge is 0.315 e. The molecule has 4 nitrogen and oxygen atoms in total. The molecule has 1 saturated heterocycles. The first kappa shape index (κ1) is 17.0. The zero-order valence-electron chi connectivity index (χ0n) is 11.1. The molecule has 1 heterocycles. The number of nitrogens with zero attached hydrogens (tertiary/aromatic N) is 1. The molecule has 3 amide bonds. The molecule has 1 aliphatic heterocycles. The van der Waals surface area contributed by atoms with E-state index in [9.17, 15) is 40.3 Å². The average molecular weight is 344 g/mol. The number of rotatable bonds is 1. The molecular weight excluding hydrogens is 337 g/mol. The van der Waals surface area contributed by atoms with Crippen LogP contribution in [-0.4, -0.2) is 23.7 Å². The minimum absolute atomic E-state index is 0.0922. The number of halogens is 7. The van der Waals surface area contributed by atoms with Crippen LogP contribution in [-0.2, 0) is 11.0 Å². The van der Waals surface area contributed by atoms with E-state index < -0.39 is 46.9 Å². The van der Waals surface area contributed by atoms with Gasteiger partial charge in [0, 0.05) is 0 Å². The molecule has 0 radical (unpaired) electrons. The maximum atomic E-state index is 13.2. The predicted molar refractivity (Wildman–Crippen MR) is 61.9 cm³/mol. The number of alkyl halides is 6. The van der Waals surface area contributed by atoms with Crippen molar-refractivity contribution in [1.29, 1.82) is 0 Å². The number of amides is 3. The van der Waals surface area contributed by atoms with E-state index in [1.807, 2.05) is 0 Å². The highest BCUT2D eigenvalue weighted by Crippen LogP contribution is 2.39. The maximum Gasteiger partial charge on any atom is 0.420 e. The Balaban J connectivity index is 2.52. The average Bonchev–Trinajstić information content (AvgIpc) is 2.60. The number of carbonyl (C=O) groups is 2. The fourth-order valence-corrected chi connectivity index (χ4v) is 1.94. The Labute approximate surface area is 123 Å². The van der Waals surface area contributed by atoms with Crippen molar-refractivity contribution in [2.75, 3.05) is 4.90 Å². The normalized spacial score (nSPS) is 22.5. The molecule has 0 bridgehead atoms. The van der Waals surface area contributed by atoms with Gasteiger partial charge in [0.2, 0.25) is 5.54 Å². The van der Waals surface area contributed by atoms with Gasteiger partial charge in [-0.2, -0.15) is 26.3 Å². The molecular formula is C12H7F7N2O2. The largest absolute Gasteiger partial charge is 0.420 e. The Kier molecular flexibility index (Phi) is 3.58. The van der Waals surface area contributed by atoms with Crippen LogP contribution >= 0.6 is 0 Å². The van der Waals surface area contributed by atoms with E-state index in [0.29, 0.717) is 19.1 Å². The van der Waals surface area contributed by atoms with Crippen LogP contribution in [0.1, 0.15) is 12.5 Å². The molecule has 1 aromatic carbocycles. The summed E-state index contributed by atoms with van der Waals surface area (Å²) in [4.78, 5) is 23.4. The monoisotopic (exact) mass is 344 g/mol. The molecule has 2 rings (SSSR count). The van der Waals surface area contributed by atoms with Crippen LogP contribution in [0.4, 0.5) is 41.2 Å². The lowest BCUT2D eigenvalue weighted by molar-refractivity contribution is -0.187. The van der Waals surface area contributed by atoms with Crippen molar-refractivity contribution in [2.24, 2.45) is 0 Å². The topological polar surface area (TPSA) is 49.4 Å². The number of anilines is 1. The zero-order valence-corrected chi connectivity index (χ0v) is 11.1. The second-order valence-electron chi connectivity index (χ2n) is 4.86. The minimum atomic E-state index is -5.17. The van der Waals surface area contributed by atoms with Crippen LogP contribution in [0.2, 0.25) is 0 Å². The van der Waals surface area contributed by atoms with Crippen molar-refractivity contribution in [3.05, 3.63) is 29.6 Å². The highest BCUT2D eigenvalue weighted by Gasteiger charge is 2.64. The van der Waals surface area contributed by atoms with Crippen molar-refractivity contribution < 1.29 is 40.3 Å². The van der Waals surface area contributed by atoms with E-state index in [1.165, 1.54) is 5.32 Å². The van der Waals surface area contributed by atoms with Crippen LogP contribution in [0.3, 0.4) is 0 Å². The van der Waals surface area contributed by atoms with Crippen molar-refractivity contribution in [1.82, 2.24) is 5.32 Å². The second kappa shape index (κ2) is 4.83. The van der Waals surface area contributed by atoms with Crippen molar-refractivity contribution >= 4 is 17.6 Å². The number of nitrogens with one attached hydrogen (secondary N) is 1. The Bertz CT molecular complexity index is 683. The molecule has 1 unspecified atom stereocenters. The summed E-state index contributed by atoms with van der Waals surface area (Å²) < 4.78 is 89.7. The third kappa shape index (κ3) is 2.59. The summed E-state index contributed by atoms with van der Waals surface area (Å²) in [5, 5.41) is 1.38. The van der Waals surface area contributed by atoms with Crippen LogP contribution in [0.25, 0.3) is 0 Å². The number of hydrogen-bond acceptors (Lipinski definition) is 2. The molecule has 0 aliphatic carbocycles.